The quantitative estimate of drug-likeness (QED) is 0.722. The molecule has 15 heavy (non-hydrogen) atoms. The third kappa shape index (κ3) is 1.79. The largest absolute Gasteiger partial charge is 0.399 e. The molecule has 0 saturated carbocycles. The van der Waals surface area contributed by atoms with Gasteiger partial charge in [0, 0.05) is 17.4 Å². The summed E-state index contributed by atoms with van der Waals surface area (Å²) in [4.78, 5) is 0. The number of rotatable bonds is 1. The minimum atomic E-state index is -0.376. The van der Waals surface area contributed by atoms with E-state index in [9.17, 15) is 4.39 Å². The predicted molar refractivity (Wildman–Crippen MR) is 56.6 cm³/mol. The van der Waals surface area contributed by atoms with Crippen LogP contribution < -0.4 is 5.73 Å². The molecular formula is C11H10FN3. The Kier molecular flexibility index (Phi) is 2.33. The van der Waals surface area contributed by atoms with Crippen LogP contribution in [0.4, 0.5) is 10.1 Å². The molecule has 1 aromatic carbocycles. The second-order valence-electron chi connectivity index (χ2n) is 3.30. The van der Waals surface area contributed by atoms with Crippen molar-refractivity contribution in [1.82, 2.24) is 10.2 Å². The normalized spacial score (nSPS) is 10.3. The van der Waals surface area contributed by atoms with E-state index < -0.39 is 0 Å². The van der Waals surface area contributed by atoms with Crippen LogP contribution in [0.2, 0.25) is 0 Å². The molecule has 0 atom stereocenters. The third-order valence-corrected chi connectivity index (χ3v) is 2.17. The summed E-state index contributed by atoms with van der Waals surface area (Å²) in [5.74, 6) is -0.376. The molecule has 1 heterocycles. The van der Waals surface area contributed by atoms with Crippen LogP contribution in [0.25, 0.3) is 11.3 Å². The lowest BCUT2D eigenvalue weighted by atomic mass is 10.1. The highest BCUT2D eigenvalue weighted by Crippen LogP contribution is 2.24. The molecule has 2 N–H and O–H groups in total. The summed E-state index contributed by atoms with van der Waals surface area (Å²) < 4.78 is 13.6. The molecule has 76 valence electrons. The Hall–Kier alpha value is -1.97. The second kappa shape index (κ2) is 3.65. The number of halogens is 1. The van der Waals surface area contributed by atoms with Gasteiger partial charge < -0.3 is 5.73 Å². The highest BCUT2D eigenvalue weighted by molar-refractivity contribution is 5.65. The number of aromatic nitrogens is 2. The van der Waals surface area contributed by atoms with Crippen molar-refractivity contribution in [3.8, 4) is 11.3 Å². The maximum absolute atomic E-state index is 13.6. The summed E-state index contributed by atoms with van der Waals surface area (Å²) in [6, 6.07) is 6.33. The summed E-state index contributed by atoms with van der Waals surface area (Å²) in [7, 11) is 0. The van der Waals surface area contributed by atoms with Gasteiger partial charge in [0.2, 0.25) is 0 Å². The van der Waals surface area contributed by atoms with Gasteiger partial charge in [0.25, 0.3) is 0 Å². The standard InChI is InChI=1S/C11H10FN3/c1-7-4-5-14-15-11(7)9-3-2-8(13)6-10(9)12/h2-6H,13H2,1H3. The monoisotopic (exact) mass is 203 g/mol. The molecule has 4 heteroatoms. The van der Waals surface area contributed by atoms with E-state index in [0.717, 1.165) is 5.56 Å². The fourth-order valence-corrected chi connectivity index (χ4v) is 1.38. The lowest BCUT2D eigenvalue weighted by molar-refractivity contribution is 0.631. The zero-order chi connectivity index (χ0) is 10.8. The number of anilines is 1. The van der Waals surface area contributed by atoms with Gasteiger partial charge in [0.1, 0.15) is 5.82 Å². The van der Waals surface area contributed by atoms with Gasteiger partial charge in [0.05, 0.1) is 5.69 Å². The molecule has 2 aromatic rings. The van der Waals surface area contributed by atoms with Crippen LogP contribution in [-0.2, 0) is 0 Å². The molecule has 0 aliphatic heterocycles. The van der Waals surface area contributed by atoms with Crippen molar-refractivity contribution >= 4 is 5.69 Å². The number of hydrogen-bond acceptors (Lipinski definition) is 3. The van der Waals surface area contributed by atoms with Crippen LogP contribution in [0.1, 0.15) is 5.56 Å². The first-order valence-corrected chi connectivity index (χ1v) is 4.52. The van der Waals surface area contributed by atoms with Gasteiger partial charge >= 0.3 is 0 Å². The van der Waals surface area contributed by atoms with Gasteiger partial charge in [-0.2, -0.15) is 10.2 Å². The van der Waals surface area contributed by atoms with Crippen molar-refractivity contribution in [2.24, 2.45) is 0 Å². The Balaban J connectivity index is 2.60. The van der Waals surface area contributed by atoms with Gasteiger partial charge in [-0.1, -0.05) is 0 Å². The smallest absolute Gasteiger partial charge is 0.134 e. The molecule has 2 rings (SSSR count). The fraction of sp³-hybridized carbons (Fsp3) is 0.0909. The molecule has 0 aliphatic rings. The van der Waals surface area contributed by atoms with E-state index in [0.29, 0.717) is 16.9 Å². The predicted octanol–water partition coefficient (Wildman–Crippen LogP) is 2.17. The zero-order valence-electron chi connectivity index (χ0n) is 8.24. The van der Waals surface area contributed by atoms with E-state index in [4.69, 9.17) is 5.73 Å². The number of nitrogen functional groups attached to an aromatic ring is 1. The lowest BCUT2D eigenvalue weighted by Crippen LogP contribution is -1.95. The summed E-state index contributed by atoms with van der Waals surface area (Å²) in [6.45, 7) is 1.86. The second-order valence-corrected chi connectivity index (χ2v) is 3.30. The van der Waals surface area contributed by atoms with Crippen LogP contribution >= 0.6 is 0 Å². The molecule has 1 aromatic heterocycles. The van der Waals surface area contributed by atoms with Gasteiger partial charge in [-0.3, -0.25) is 0 Å². The lowest BCUT2D eigenvalue weighted by Gasteiger charge is -2.05. The van der Waals surface area contributed by atoms with E-state index in [2.05, 4.69) is 10.2 Å². The minimum Gasteiger partial charge on any atom is -0.399 e. The molecule has 0 bridgehead atoms. The Labute approximate surface area is 86.8 Å². The summed E-state index contributed by atoms with van der Waals surface area (Å²) in [5, 5.41) is 7.65. The van der Waals surface area contributed by atoms with E-state index >= 15 is 0 Å². The van der Waals surface area contributed by atoms with Crippen molar-refractivity contribution < 1.29 is 4.39 Å². The van der Waals surface area contributed by atoms with Crippen LogP contribution in [0, 0.1) is 12.7 Å². The molecule has 0 spiro atoms. The van der Waals surface area contributed by atoms with Gasteiger partial charge in [0.15, 0.2) is 0 Å². The number of aryl methyl sites for hydroxylation is 1. The molecule has 0 saturated heterocycles. The highest BCUT2D eigenvalue weighted by Gasteiger charge is 2.09. The zero-order valence-corrected chi connectivity index (χ0v) is 8.24. The number of hydrogen-bond donors (Lipinski definition) is 1. The van der Waals surface area contributed by atoms with Gasteiger partial charge in [-0.15, -0.1) is 0 Å². The third-order valence-electron chi connectivity index (χ3n) is 2.17. The average Bonchev–Trinajstić information content (AvgIpc) is 2.20. The molecule has 0 aliphatic carbocycles. The summed E-state index contributed by atoms with van der Waals surface area (Å²) in [6.07, 6.45) is 1.58. The Morgan fingerprint density at radius 2 is 2.07 bits per heavy atom. The minimum absolute atomic E-state index is 0.376. The van der Waals surface area contributed by atoms with Gasteiger partial charge in [-0.05, 0) is 36.8 Å². The first-order valence-electron chi connectivity index (χ1n) is 4.52. The topological polar surface area (TPSA) is 51.8 Å². The van der Waals surface area contributed by atoms with Crippen molar-refractivity contribution in [3.63, 3.8) is 0 Å². The average molecular weight is 203 g/mol. The first-order chi connectivity index (χ1) is 7.18. The Bertz CT molecular complexity index is 497. The van der Waals surface area contributed by atoms with Crippen molar-refractivity contribution in [1.29, 1.82) is 0 Å². The van der Waals surface area contributed by atoms with Crippen LogP contribution in [0.15, 0.2) is 30.5 Å². The molecule has 0 amide bonds. The summed E-state index contributed by atoms with van der Waals surface area (Å²) in [5.41, 5.74) is 7.73. The molecule has 0 radical (unpaired) electrons. The van der Waals surface area contributed by atoms with Crippen molar-refractivity contribution in [2.75, 3.05) is 5.73 Å². The van der Waals surface area contributed by atoms with Crippen LogP contribution in [0.3, 0.4) is 0 Å². The maximum Gasteiger partial charge on any atom is 0.134 e. The Morgan fingerprint density at radius 3 is 2.73 bits per heavy atom. The molecule has 0 fully saturated rings. The molecular weight excluding hydrogens is 193 g/mol. The fourth-order valence-electron chi connectivity index (χ4n) is 1.38. The van der Waals surface area contributed by atoms with Crippen molar-refractivity contribution in [3.05, 3.63) is 41.8 Å². The SMILES string of the molecule is Cc1ccnnc1-c1ccc(N)cc1F. The van der Waals surface area contributed by atoms with Crippen LogP contribution in [-0.4, -0.2) is 10.2 Å². The highest BCUT2D eigenvalue weighted by atomic mass is 19.1. The Morgan fingerprint density at radius 1 is 1.27 bits per heavy atom. The first kappa shape index (κ1) is 9.58. The maximum atomic E-state index is 13.6. The molecule has 0 unspecified atom stereocenters. The number of nitrogens with zero attached hydrogens (tertiary/aromatic N) is 2. The van der Waals surface area contributed by atoms with E-state index in [1.165, 1.54) is 6.07 Å². The molecule has 3 nitrogen and oxygen atoms in total. The van der Waals surface area contributed by atoms with Crippen molar-refractivity contribution in [2.45, 2.75) is 6.92 Å². The van der Waals surface area contributed by atoms with Crippen LogP contribution in [0.5, 0.6) is 0 Å². The van der Waals surface area contributed by atoms with Gasteiger partial charge in [-0.25, -0.2) is 4.39 Å². The van der Waals surface area contributed by atoms with E-state index in [1.54, 1.807) is 24.4 Å². The van der Waals surface area contributed by atoms with E-state index in [-0.39, 0.29) is 5.82 Å². The number of benzene rings is 1. The van der Waals surface area contributed by atoms with E-state index in [1.807, 2.05) is 6.92 Å². The summed E-state index contributed by atoms with van der Waals surface area (Å²) >= 11 is 0. The number of nitrogens with two attached hydrogens (primary N) is 1.